The highest BCUT2D eigenvalue weighted by atomic mass is 16.5. The molecule has 82 valence electrons. The molecule has 0 saturated carbocycles. The van der Waals surface area contributed by atoms with Crippen LogP contribution >= 0.6 is 0 Å². The lowest BCUT2D eigenvalue weighted by Gasteiger charge is -2.22. The van der Waals surface area contributed by atoms with Crippen molar-refractivity contribution in [2.45, 2.75) is 25.4 Å². The van der Waals surface area contributed by atoms with Crippen LogP contribution in [0.1, 0.15) is 19.3 Å². The van der Waals surface area contributed by atoms with Crippen molar-refractivity contribution in [3.63, 3.8) is 0 Å². The molecule has 1 aliphatic heterocycles. The second-order valence-electron chi connectivity index (χ2n) is 3.71. The third-order valence-corrected chi connectivity index (χ3v) is 2.51. The Hall–Kier alpha value is -1.29. The van der Waals surface area contributed by atoms with Gasteiger partial charge in [-0.3, -0.25) is 4.98 Å². The van der Waals surface area contributed by atoms with E-state index in [0.29, 0.717) is 18.0 Å². The highest BCUT2D eigenvalue weighted by Gasteiger charge is 2.14. The fourth-order valence-corrected chi connectivity index (χ4v) is 1.65. The van der Waals surface area contributed by atoms with Crippen LogP contribution in [0.5, 0.6) is 5.75 Å². The average Bonchev–Trinajstić information content (AvgIpc) is 2.29. The maximum Gasteiger partial charge on any atom is 0.145 e. The molecule has 0 radical (unpaired) electrons. The first-order valence-corrected chi connectivity index (χ1v) is 5.30. The number of nitrogens with two attached hydrogens (primary N) is 1. The maximum absolute atomic E-state index is 5.71. The zero-order valence-electron chi connectivity index (χ0n) is 8.69. The van der Waals surface area contributed by atoms with Crippen molar-refractivity contribution < 1.29 is 9.47 Å². The molecule has 2 rings (SSSR count). The summed E-state index contributed by atoms with van der Waals surface area (Å²) in [6.07, 6.45) is 6.94. The molecule has 2 heterocycles. The van der Waals surface area contributed by atoms with E-state index in [-0.39, 0.29) is 6.10 Å². The molecule has 15 heavy (non-hydrogen) atoms. The van der Waals surface area contributed by atoms with Gasteiger partial charge in [-0.15, -0.1) is 0 Å². The van der Waals surface area contributed by atoms with Crippen LogP contribution in [0.25, 0.3) is 0 Å². The maximum atomic E-state index is 5.71. The fourth-order valence-electron chi connectivity index (χ4n) is 1.65. The Labute approximate surface area is 89.4 Å². The smallest absolute Gasteiger partial charge is 0.145 e. The van der Waals surface area contributed by atoms with Crippen molar-refractivity contribution in [2.24, 2.45) is 0 Å². The van der Waals surface area contributed by atoms with Crippen molar-refractivity contribution in [1.82, 2.24) is 4.98 Å². The predicted molar refractivity (Wildman–Crippen MR) is 57.7 cm³/mol. The van der Waals surface area contributed by atoms with Gasteiger partial charge >= 0.3 is 0 Å². The number of anilines is 1. The molecule has 1 atom stereocenters. The van der Waals surface area contributed by atoms with E-state index in [0.717, 1.165) is 19.4 Å². The lowest BCUT2D eigenvalue weighted by atomic mass is 10.1. The second kappa shape index (κ2) is 4.98. The van der Waals surface area contributed by atoms with Gasteiger partial charge in [-0.1, -0.05) is 0 Å². The Bertz CT molecular complexity index is 311. The summed E-state index contributed by atoms with van der Waals surface area (Å²) in [6, 6.07) is 1.78. The van der Waals surface area contributed by atoms with Gasteiger partial charge in [0.25, 0.3) is 0 Å². The van der Waals surface area contributed by atoms with Gasteiger partial charge < -0.3 is 15.2 Å². The average molecular weight is 208 g/mol. The number of rotatable bonds is 3. The molecule has 1 aromatic rings. The molecule has 1 saturated heterocycles. The quantitative estimate of drug-likeness (QED) is 0.819. The van der Waals surface area contributed by atoms with Crippen LogP contribution in [0, 0.1) is 0 Å². The van der Waals surface area contributed by atoms with Crippen molar-refractivity contribution in [3.8, 4) is 5.75 Å². The number of nitrogen functional groups attached to an aromatic ring is 1. The van der Waals surface area contributed by atoms with Crippen molar-refractivity contribution in [3.05, 3.63) is 18.5 Å². The third-order valence-electron chi connectivity index (χ3n) is 2.51. The van der Waals surface area contributed by atoms with Crippen LogP contribution in [0.3, 0.4) is 0 Å². The summed E-state index contributed by atoms with van der Waals surface area (Å²) in [4.78, 5) is 3.90. The van der Waals surface area contributed by atoms with Gasteiger partial charge in [-0.25, -0.2) is 0 Å². The van der Waals surface area contributed by atoms with Gasteiger partial charge in [-0.05, 0) is 19.3 Å². The van der Waals surface area contributed by atoms with Gasteiger partial charge in [0.05, 0.1) is 18.0 Å². The number of ether oxygens (including phenoxy) is 2. The van der Waals surface area contributed by atoms with Crippen LogP contribution < -0.4 is 10.5 Å². The van der Waals surface area contributed by atoms with Crippen molar-refractivity contribution in [2.75, 3.05) is 18.9 Å². The molecule has 4 nitrogen and oxygen atoms in total. The Morgan fingerprint density at radius 3 is 3.20 bits per heavy atom. The first-order valence-electron chi connectivity index (χ1n) is 5.30. The van der Waals surface area contributed by atoms with E-state index < -0.39 is 0 Å². The van der Waals surface area contributed by atoms with E-state index in [4.69, 9.17) is 15.2 Å². The predicted octanol–water partition coefficient (Wildman–Crippen LogP) is 1.61. The number of hydrogen-bond acceptors (Lipinski definition) is 4. The van der Waals surface area contributed by atoms with E-state index in [1.165, 1.54) is 6.42 Å². The molecule has 4 heteroatoms. The Balaban J connectivity index is 1.84. The van der Waals surface area contributed by atoms with E-state index in [1.54, 1.807) is 18.5 Å². The van der Waals surface area contributed by atoms with Crippen LogP contribution in [-0.4, -0.2) is 24.3 Å². The minimum absolute atomic E-state index is 0.214. The minimum Gasteiger partial charge on any atom is -0.489 e. The topological polar surface area (TPSA) is 57.4 Å². The molecule has 1 fully saturated rings. The number of aromatic nitrogens is 1. The van der Waals surface area contributed by atoms with E-state index in [9.17, 15) is 0 Å². The van der Waals surface area contributed by atoms with Gasteiger partial charge in [-0.2, -0.15) is 0 Å². The van der Waals surface area contributed by atoms with Crippen LogP contribution in [-0.2, 0) is 4.74 Å². The highest BCUT2D eigenvalue weighted by molar-refractivity contribution is 5.49. The number of pyridine rings is 1. The second-order valence-corrected chi connectivity index (χ2v) is 3.71. The van der Waals surface area contributed by atoms with Crippen molar-refractivity contribution >= 4 is 5.69 Å². The molecule has 0 spiro atoms. The van der Waals surface area contributed by atoms with Gasteiger partial charge in [0.2, 0.25) is 0 Å². The molecular weight excluding hydrogens is 192 g/mol. The molecule has 1 aliphatic rings. The van der Waals surface area contributed by atoms with Crippen LogP contribution in [0.2, 0.25) is 0 Å². The van der Waals surface area contributed by atoms with Crippen LogP contribution in [0.4, 0.5) is 5.69 Å². The Kier molecular flexibility index (Phi) is 3.40. The molecule has 1 aromatic heterocycles. The largest absolute Gasteiger partial charge is 0.489 e. The molecule has 1 unspecified atom stereocenters. The Morgan fingerprint density at radius 1 is 1.53 bits per heavy atom. The fraction of sp³-hybridized carbons (Fsp3) is 0.545. The summed E-state index contributed by atoms with van der Waals surface area (Å²) < 4.78 is 11.1. The zero-order valence-corrected chi connectivity index (χ0v) is 8.69. The number of nitrogens with zero attached hydrogens (tertiary/aromatic N) is 1. The lowest BCUT2D eigenvalue weighted by Crippen LogP contribution is -2.25. The SMILES string of the molecule is Nc1cnccc1OCC1CCCCO1. The summed E-state index contributed by atoms with van der Waals surface area (Å²) >= 11 is 0. The van der Waals surface area contributed by atoms with Gasteiger partial charge in [0.1, 0.15) is 12.4 Å². The first kappa shape index (κ1) is 10.2. The minimum atomic E-state index is 0.214. The summed E-state index contributed by atoms with van der Waals surface area (Å²) in [7, 11) is 0. The molecule has 0 aliphatic carbocycles. The first-order chi connectivity index (χ1) is 7.36. The molecule has 0 aromatic carbocycles. The monoisotopic (exact) mass is 208 g/mol. The molecule has 0 bridgehead atoms. The number of hydrogen-bond donors (Lipinski definition) is 1. The van der Waals surface area contributed by atoms with Crippen LogP contribution in [0.15, 0.2) is 18.5 Å². The zero-order chi connectivity index (χ0) is 10.5. The summed E-state index contributed by atoms with van der Waals surface area (Å²) in [6.45, 7) is 1.42. The molecule has 2 N–H and O–H groups in total. The van der Waals surface area contributed by atoms with E-state index in [1.807, 2.05) is 0 Å². The lowest BCUT2D eigenvalue weighted by molar-refractivity contribution is -0.0109. The molecular formula is C11H16N2O2. The molecule has 0 amide bonds. The summed E-state index contributed by atoms with van der Waals surface area (Å²) in [5.74, 6) is 0.694. The normalized spacial score (nSPS) is 21.2. The van der Waals surface area contributed by atoms with Gasteiger partial charge in [0.15, 0.2) is 0 Å². The van der Waals surface area contributed by atoms with Gasteiger partial charge in [0, 0.05) is 18.9 Å². The highest BCUT2D eigenvalue weighted by Crippen LogP contribution is 2.20. The van der Waals surface area contributed by atoms with E-state index in [2.05, 4.69) is 4.98 Å². The third kappa shape index (κ3) is 2.83. The summed E-state index contributed by atoms with van der Waals surface area (Å²) in [5.41, 5.74) is 6.28. The Morgan fingerprint density at radius 2 is 2.47 bits per heavy atom. The van der Waals surface area contributed by atoms with Crippen molar-refractivity contribution in [1.29, 1.82) is 0 Å². The standard InChI is InChI=1S/C11H16N2O2/c12-10-7-13-5-4-11(10)15-8-9-3-1-2-6-14-9/h4-5,7,9H,1-3,6,8,12H2. The van der Waals surface area contributed by atoms with E-state index >= 15 is 0 Å². The summed E-state index contributed by atoms with van der Waals surface area (Å²) in [5, 5.41) is 0.